The van der Waals surface area contributed by atoms with E-state index in [2.05, 4.69) is 6.07 Å². The molecule has 0 N–H and O–H groups in total. The Kier molecular flexibility index (Phi) is 2.41. The van der Waals surface area contributed by atoms with Gasteiger partial charge in [0.25, 0.3) is 0 Å². The van der Waals surface area contributed by atoms with E-state index in [1.807, 2.05) is 20.8 Å². The van der Waals surface area contributed by atoms with Crippen LogP contribution in [0.4, 0.5) is 0 Å². The fourth-order valence-corrected chi connectivity index (χ4v) is 1.50. The molecular formula is C9H15NO2. The molecule has 0 saturated carbocycles. The number of hydrogen-bond donors (Lipinski definition) is 0. The molecule has 0 radical (unpaired) electrons. The van der Waals surface area contributed by atoms with E-state index in [0.717, 1.165) is 0 Å². The van der Waals surface area contributed by atoms with Crippen molar-refractivity contribution in [3.63, 3.8) is 0 Å². The second-order valence-corrected chi connectivity index (χ2v) is 4.00. The van der Waals surface area contributed by atoms with Crippen LogP contribution in [-0.4, -0.2) is 19.0 Å². The van der Waals surface area contributed by atoms with Crippen LogP contribution in [0.1, 0.15) is 27.2 Å². The molecule has 1 saturated heterocycles. The van der Waals surface area contributed by atoms with E-state index in [9.17, 15) is 0 Å². The van der Waals surface area contributed by atoms with Crippen LogP contribution in [0.15, 0.2) is 0 Å². The minimum atomic E-state index is -0.542. The van der Waals surface area contributed by atoms with Crippen molar-refractivity contribution in [1.82, 2.24) is 0 Å². The minimum Gasteiger partial charge on any atom is -0.348 e. The van der Waals surface area contributed by atoms with Crippen molar-refractivity contribution in [3.05, 3.63) is 0 Å². The average molecular weight is 169 g/mol. The van der Waals surface area contributed by atoms with E-state index in [4.69, 9.17) is 14.7 Å². The van der Waals surface area contributed by atoms with E-state index in [1.165, 1.54) is 0 Å². The first kappa shape index (κ1) is 9.50. The lowest BCUT2D eigenvalue weighted by atomic mass is 9.87. The Balaban J connectivity index is 2.56. The normalized spacial score (nSPS) is 22.2. The maximum Gasteiger partial charge on any atom is 0.167 e. The summed E-state index contributed by atoms with van der Waals surface area (Å²) in [5, 5.41) is 8.81. The predicted octanol–water partition coefficient (Wildman–Crippen LogP) is 1.69. The lowest BCUT2D eigenvalue weighted by molar-refractivity contribution is -0.158. The van der Waals surface area contributed by atoms with E-state index in [-0.39, 0.29) is 5.41 Å². The summed E-state index contributed by atoms with van der Waals surface area (Å²) in [6.07, 6.45) is 0.622. The van der Waals surface area contributed by atoms with Crippen molar-refractivity contribution in [1.29, 1.82) is 5.26 Å². The zero-order valence-corrected chi connectivity index (χ0v) is 7.89. The molecule has 0 aliphatic carbocycles. The molecular weight excluding hydrogens is 154 g/mol. The molecule has 1 fully saturated rings. The molecule has 68 valence electrons. The van der Waals surface area contributed by atoms with Crippen LogP contribution in [0, 0.1) is 16.7 Å². The molecule has 1 aliphatic heterocycles. The fraction of sp³-hybridized carbons (Fsp3) is 0.889. The molecule has 12 heavy (non-hydrogen) atoms. The summed E-state index contributed by atoms with van der Waals surface area (Å²) in [6.45, 7) is 6.95. The topological polar surface area (TPSA) is 42.2 Å². The molecule has 3 nitrogen and oxygen atoms in total. The van der Waals surface area contributed by atoms with Gasteiger partial charge in [0.2, 0.25) is 0 Å². The molecule has 0 aromatic heterocycles. The second kappa shape index (κ2) is 3.04. The van der Waals surface area contributed by atoms with Gasteiger partial charge in [-0.15, -0.1) is 0 Å². The second-order valence-electron chi connectivity index (χ2n) is 4.00. The molecule has 0 aromatic rings. The quantitative estimate of drug-likeness (QED) is 0.631. The van der Waals surface area contributed by atoms with Crippen LogP contribution in [0.25, 0.3) is 0 Å². The van der Waals surface area contributed by atoms with Crippen molar-refractivity contribution >= 4 is 0 Å². The molecule has 0 bridgehead atoms. The summed E-state index contributed by atoms with van der Waals surface area (Å²) in [4.78, 5) is 0. The van der Waals surface area contributed by atoms with Crippen LogP contribution in [-0.2, 0) is 9.47 Å². The third kappa shape index (κ3) is 2.20. The zero-order chi connectivity index (χ0) is 9.24. The van der Waals surface area contributed by atoms with Gasteiger partial charge in [-0.05, 0) is 20.8 Å². The summed E-state index contributed by atoms with van der Waals surface area (Å²) in [7, 11) is 0. The van der Waals surface area contributed by atoms with E-state index in [0.29, 0.717) is 19.6 Å². The number of nitriles is 1. The summed E-state index contributed by atoms with van der Waals surface area (Å²) in [5.41, 5.74) is -0.376. The highest BCUT2D eigenvalue weighted by Gasteiger charge is 2.37. The van der Waals surface area contributed by atoms with E-state index >= 15 is 0 Å². The van der Waals surface area contributed by atoms with Gasteiger partial charge < -0.3 is 9.47 Å². The number of ether oxygens (including phenoxy) is 2. The third-order valence-electron chi connectivity index (χ3n) is 1.96. The molecule has 1 heterocycles. The maximum absolute atomic E-state index is 8.81. The molecule has 0 aromatic carbocycles. The van der Waals surface area contributed by atoms with Gasteiger partial charge in [-0.3, -0.25) is 0 Å². The van der Waals surface area contributed by atoms with Crippen LogP contribution in [0.3, 0.4) is 0 Å². The molecule has 1 rings (SSSR count). The van der Waals surface area contributed by atoms with Gasteiger partial charge in [-0.2, -0.15) is 5.26 Å². The van der Waals surface area contributed by atoms with Gasteiger partial charge in [-0.25, -0.2) is 0 Å². The fourth-order valence-electron chi connectivity index (χ4n) is 1.50. The smallest absolute Gasteiger partial charge is 0.167 e. The van der Waals surface area contributed by atoms with Crippen molar-refractivity contribution in [2.24, 2.45) is 5.41 Å². The standard InChI is InChI=1S/C9H15NO2/c1-8(2,7-10)6-9(3)11-4-5-12-9/h4-6H2,1-3H3. The van der Waals surface area contributed by atoms with Crippen molar-refractivity contribution in [2.45, 2.75) is 33.0 Å². The number of hydrogen-bond acceptors (Lipinski definition) is 3. The lowest BCUT2D eigenvalue weighted by Gasteiger charge is -2.28. The summed E-state index contributed by atoms with van der Waals surface area (Å²) in [6, 6.07) is 2.23. The third-order valence-corrected chi connectivity index (χ3v) is 1.96. The first-order valence-corrected chi connectivity index (χ1v) is 4.17. The highest BCUT2D eigenvalue weighted by molar-refractivity contribution is 4.95. The Labute approximate surface area is 73.3 Å². The Hall–Kier alpha value is -0.590. The molecule has 0 spiro atoms. The SMILES string of the molecule is CC(C)(C#N)CC1(C)OCCO1. The number of rotatable bonds is 2. The number of nitrogens with zero attached hydrogens (tertiary/aromatic N) is 1. The Morgan fingerprint density at radius 1 is 1.42 bits per heavy atom. The van der Waals surface area contributed by atoms with Crippen LogP contribution in [0.2, 0.25) is 0 Å². The van der Waals surface area contributed by atoms with Gasteiger partial charge in [0.1, 0.15) is 0 Å². The monoisotopic (exact) mass is 169 g/mol. The molecule has 0 unspecified atom stereocenters. The Bertz CT molecular complexity index is 199. The zero-order valence-electron chi connectivity index (χ0n) is 7.89. The first-order chi connectivity index (χ1) is 5.47. The summed E-state index contributed by atoms with van der Waals surface area (Å²) in [5.74, 6) is -0.542. The molecule has 1 aliphatic rings. The van der Waals surface area contributed by atoms with Gasteiger partial charge in [0.05, 0.1) is 24.7 Å². The van der Waals surface area contributed by atoms with Crippen LogP contribution < -0.4 is 0 Å². The van der Waals surface area contributed by atoms with Crippen LogP contribution in [0.5, 0.6) is 0 Å². The summed E-state index contributed by atoms with van der Waals surface area (Å²) >= 11 is 0. The van der Waals surface area contributed by atoms with Gasteiger partial charge in [0.15, 0.2) is 5.79 Å². The Morgan fingerprint density at radius 2 is 1.92 bits per heavy atom. The van der Waals surface area contributed by atoms with Gasteiger partial charge in [-0.1, -0.05) is 0 Å². The molecule has 0 atom stereocenters. The maximum atomic E-state index is 8.81. The van der Waals surface area contributed by atoms with Crippen LogP contribution >= 0.6 is 0 Å². The minimum absolute atomic E-state index is 0.376. The highest BCUT2D eigenvalue weighted by Crippen LogP contribution is 2.32. The van der Waals surface area contributed by atoms with Gasteiger partial charge >= 0.3 is 0 Å². The molecule has 3 heteroatoms. The van der Waals surface area contributed by atoms with Crippen molar-refractivity contribution in [3.8, 4) is 6.07 Å². The van der Waals surface area contributed by atoms with Gasteiger partial charge in [0, 0.05) is 6.42 Å². The lowest BCUT2D eigenvalue weighted by Crippen LogP contribution is -2.31. The van der Waals surface area contributed by atoms with Crippen molar-refractivity contribution < 1.29 is 9.47 Å². The highest BCUT2D eigenvalue weighted by atomic mass is 16.7. The van der Waals surface area contributed by atoms with E-state index < -0.39 is 5.79 Å². The molecule has 0 amide bonds. The van der Waals surface area contributed by atoms with E-state index in [1.54, 1.807) is 0 Å². The Morgan fingerprint density at radius 3 is 2.33 bits per heavy atom. The average Bonchev–Trinajstić information content (AvgIpc) is 2.35. The summed E-state index contributed by atoms with van der Waals surface area (Å²) < 4.78 is 10.8. The first-order valence-electron chi connectivity index (χ1n) is 4.17. The predicted molar refractivity (Wildman–Crippen MR) is 44.3 cm³/mol. The van der Waals surface area contributed by atoms with Crippen molar-refractivity contribution in [2.75, 3.05) is 13.2 Å². The largest absolute Gasteiger partial charge is 0.348 e.